The Bertz CT molecular complexity index is 826. The Kier molecular flexibility index (Phi) is 5.55. The third-order valence-corrected chi connectivity index (χ3v) is 5.57. The minimum Gasteiger partial charge on any atom is -0.396 e. The zero-order chi connectivity index (χ0) is 18.7. The summed E-state index contributed by atoms with van der Waals surface area (Å²) in [6, 6.07) is 1.89. The molecule has 0 unspecified atom stereocenters. The summed E-state index contributed by atoms with van der Waals surface area (Å²) < 4.78 is 0. The van der Waals surface area contributed by atoms with Crippen molar-refractivity contribution in [2.24, 2.45) is 11.3 Å². The molecule has 0 aliphatic carbocycles. The molecule has 2 N–H and O–H groups in total. The number of hydrogen-bond acceptors (Lipinski definition) is 4. The normalized spacial score (nSPS) is 15.7. The molecule has 1 aliphatic rings. The Morgan fingerprint density at radius 3 is 2.58 bits per heavy atom. The van der Waals surface area contributed by atoms with Gasteiger partial charge in [-0.1, -0.05) is 37.3 Å². The summed E-state index contributed by atoms with van der Waals surface area (Å²) >= 11 is 6.15. The average molecular weight is 373 g/mol. The Balaban J connectivity index is 1.82. The highest BCUT2D eigenvalue weighted by molar-refractivity contribution is 6.29. The molecule has 3 rings (SSSR count). The molecule has 0 amide bonds. The topological polar surface area (TPSA) is 65.0 Å². The summed E-state index contributed by atoms with van der Waals surface area (Å²) in [6.45, 7) is 8.30. The third-order valence-electron chi connectivity index (χ3n) is 5.36. The van der Waals surface area contributed by atoms with Crippen LogP contribution in [0.2, 0.25) is 5.15 Å². The smallest absolute Gasteiger partial charge is 0.131 e. The van der Waals surface area contributed by atoms with E-state index in [0.29, 0.717) is 11.1 Å². The van der Waals surface area contributed by atoms with E-state index in [1.54, 1.807) is 12.4 Å². The summed E-state index contributed by atoms with van der Waals surface area (Å²) in [5.41, 5.74) is 3.69. The van der Waals surface area contributed by atoms with Gasteiger partial charge in [0.2, 0.25) is 0 Å². The van der Waals surface area contributed by atoms with Crippen molar-refractivity contribution < 1.29 is 5.11 Å². The minimum absolute atomic E-state index is 0.0383. The average Bonchev–Trinajstić information content (AvgIpc) is 3.05. The molecule has 0 bridgehead atoms. The van der Waals surface area contributed by atoms with Crippen LogP contribution < -0.4 is 4.90 Å². The van der Waals surface area contributed by atoms with Gasteiger partial charge in [-0.15, -0.1) is 0 Å². The molecule has 138 valence electrons. The molecule has 0 spiro atoms. The van der Waals surface area contributed by atoms with Crippen molar-refractivity contribution in [1.29, 1.82) is 0 Å². The van der Waals surface area contributed by atoms with Gasteiger partial charge in [-0.25, -0.2) is 4.98 Å². The second-order valence-corrected chi connectivity index (χ2v) is 7.98. The standard InChI is InChI=1S/C20H25ClN4O/c1-14-15(12-23-24-14)4-5-16-11-22-19(21)10-18(16)25-8-6-17(7-9-25)20(2,3)13-26/h10-12,17,26H,6-9,13H2,1-3H3,(H,23,24). The highest BCUT2D eigenvalue weighted by Crippen LogP contribution is 2.36. The highest BCUT2D eigenvalue weighted by atomic mass is 35.5. The summed E-state index contributed by atoms with van der Waals surface area (Å²) in [5, 5.41) is 17.0. The molecule has 0 saturated carbocycles. The van der Waals surface area contributed by atoms with Crippen LogP contribution >= 0.6 is 11.6 Å². The lowest BCUT2D eigenvalue weighted by atomic mass is 9.74. The van der Waals surface area contributed by atoms with Crippen molar-refractivity contribution in [2.45, 2.75) is 33.6 Å². The number of piperidine rings is 1. The largest absolute Gasteiger partial charge is 0.396 e. The van der Waals surface area contributed by atoms with Crippen LogP contribution in [0.25, 0.3) is 0 Å². The highest BCUT2D eigenvalue weighted by Gasteiger charge is 2.32. The number of aromatic amines is 1. The van der Waals surface area contributed by atoms with Gasteiger partial charge in [0.05, 0.1) is 23.0 Å². The van der Waals surface area contributed by atoms with Crippen LogP contribution in [0.15, 0.2) is 18.5 Å². The third kappa shape index (κ3) is 4.03. The zero-order valence-corrected chi connectivity index (χ0v) is 16.3. The van der Waals surface area contributed by atoms with Crippen molar-refractivity contribution in [1.82, 2.24) is 15.2 Å². The maximum atomic E-state index is 9.63. The Hall–Kier alpha value is -2.03. The summed E-state index contributed by atoms with van der Waals surface area (Å²) in [4.78, 5) is 6.53. The predicted molar refractivity (Wildman–Crippen MR) is 104 cm³/mol. The van der Waals surface area contributed by atoms with Crippen LogP contribution in [0, 0.1) is 30.1 Å². The molecule has 1 saturated heterocycles. The Morgan fingerprint density at radius 2 is 1.96 bits per heavy atom. The van der Waals surface area contributed by atoms with Crippen LogP contribution in [-0.2, 0) is 0 Å². The van der Waals surface area contributed by atoms with Gasteiger partial charge < -0.3 is 10.0 Å². The molecule has 3 heterocycles. The molecule has 6 heteroatoms. The van der Waals surface area contributed by atoms with E-state index in [1.807, 2.05) is 13.0 Å². The zero-order valence-electron chi connectivity index (χ0n) is 15.5. The minimum atomic E-state index is -0.0383. The quantitative estimate of drug-likeness (QED) is 0.640. The Labute approximate surface area is 159 Å². The number of nitrogens with one attached hydrogen (secondary N) is 1. The fraction of sp³-hybridized carbons (Fsp3) is 0.500. The molecule has 0 radical (unpaired) electrons. The van der Waals surface area contributed by atoms with E-state index in [2.05, 4.69) is 45.8 Å². The van der Waals surface area contributed by atoms with E-state index in [-0.39, 0.29) is 12.0 Å². The molecule has 5 nitrogen and oxygen atoms in total. The molecular formula is C20H25ClN4O. The lowest BCUT2D eigenvalue weighted by Gasteiger charge is -2.40. The first-order chi connectivity index (χ1) is 12.4. The van der Waals surface area contributed by atoms with Crippen LogP contribution in [0.3, 0.4) is 0 Å². The number of aromatic nitrogens is 3. The molecule has 1 aliphatic heterocycles. The van der Waals surface area contributed by atoms with Crippen molar-refractivity contribution >= 4 is 17.3 Å². The fourth-order valence-corrected chi connectivity index (χ4v) is 3.57. The van der Waals surface area contributed by atoms with Gasteiger partial charge in [0.15, 0.2) is 0 Å². The van der Waals surface area contributed by atoms with Crippen molar-refractivity contribution in [3.8, 4) is 11.8 Å². The first kappa shape index (κ1) is 18.8. The number of hydrogen-bond donors (Lipinski definition) is 2. The molecule has 0 atom stereocenters. The van der Waals surface area contributed by atoms with Gasteiger partial charge in [0.25, 0.3) is 0 Å². The van der Waals surface area contributed by atoms with Gasteiger partial charge in [-0.2, -0.15) is 5.10 Å². The number of nitrogens with zero attached hydrogens (tertiary/aromatic N) is 3. The van der Waals surface area contributed by atoms with Crippen LogP contribution in [-0.4, -0.2) is 40.0 Å². The predicted octanol–water partition coefficient (Wildman–Crippen LogP) is 3.40. The second kappa shape index (κ2) is 7.69. The van der Waals surface area contributed by atoms with Crippen molar-refractivity contribution in [2.75, 3.05) is 24.6 Å². The van der Waals surface area contributed by atoms with Crippen LogP contribution in [0.1, 0.15) is 43.5 Å². The van der Waals surface area contributed by atoms with E-state index in [9.17, 15) is 5.11 Å². The number of aliphatic hydroxyl groups excluding tert-OH is 1. The van der Waals surface area contributed by atoms with Gasteiger partial charge in [0, 0.05) is 37.7 Å². The molecule has 2 aromatic heterocycles. The summed E-state index contributed by atoms with van der Waals surface area (Å²) in [5.74, 6) is 6.90. The van der Waals surface area contributed by atoms with Crippen molar-refractivity contribution in [3.05, 3.63) is 40.4 Å². The first-order valence-corrected chi connectivity index (χ1v) is 9.32. The number of halogens is 1. The molecule has 2 aromatic rings. The van der Waals surface area contributed by atoms with Gasteiger partial charge in [-0.05, 0) is 31.1 Å². The summed E-state index contributed by atoms with van der Waals surface area (Å²) in [6.07, 6.45) is 5.56. The maximum Gasteiger partial charge on any atom is 0.131 e. The van der Waals surface area contributed by atoms with Gasteiger partial charge in [-0.3, -0.25) is 5.10 Å². The molecule has 0 aromatic carbocycles. The number of pyridine rings is 1. The molecular weight excluding hydrogens is 348 g/mol. The second-order valence-electron chi connectivity index (χ2n) is 7.59. The number of H-pyrrole nitrogens is 1. The van der Waals surface area contributed by atoms with E-state index < -0.39 is 0 Å². The van der Waals surface area contributed by atoms with Crippen LogP contribution in [0.5, 0.6) is 0 Å². The van der Waals surface area contributed by atoms with Gasteiger partial charge in [0.1, 0.15) is 5.15 Å². The van der Waals surface area contributed by atoms with E-state index in [0.717, 1.165) is 48.4 Å². The lowest BCUT2D eigenvalue weighted by molar-refractivity contribution is 0.0812. The number of aryl methyl sites for hydroxylation is 1. The summed E-state index contributed by atoms with van der Waals surface area (Å²) in [7, 11) is 0. The Morgan fingerprint density at radius 1 is 1.27 bits per heavy atom. The number of anilines is 1. The first-order valence-electron chi connectivity index (χ1n) is 8.94. The van der Waals surface area contributed by atoms with Crippen molar-refractivity contribution in [3.63, 3.8) is 0 Å². The molecule has 26 heavy (non-hydrogen) atoms. The van der Waals surface area contributed by atoms with Crippen LogP contribution in [0.4, 0.5) is 5.69 Å². The van der Waals surface area contributed by atoms with E-state index >= 15 is 0 Å². The van der Waals surface area contributed by atoms with E-state index in [1.165, 1.54) is 0 Å². The maximum absolute atomic E-state index is 9.63. The lowest BCUT2D eigenvalue weighted by Crippen LogP contribution is -2.40. The van der Waals surface area contributed by atoms with E-state index in [4.69, 9.17) is 11.6 Å². The number of aliphatic hydroxyl groups is 1. The van der Waals surface area contributed by atoms with Gasteiger partial charge >= 0.3 is 0 Å². The SMILES string of the molecule is Cc1[nH]ncc1C#Cc1cnc(Cl)cc1N1CCC(C(C)(C)CO)CC1. The molecule has 1 fully saturated rings. The number of rotatable bonds is 3. The fourth-order valence-electron chi connectivity index (χ4n) is 3.42. The monoisotopic (exact) mass is 372 g/mol.